The van der Waals surface area contributed by atoms with Crippen molar-refractivity contribution in [3.8, 4) is 34.9 Å². The summed E-state index contributed by atoms with van der Waals surface area (Å²) in [6.07, 6.45) is 8.03. The Morgan fingerprint density at radius 1 is 0.667 bits per heavy atom. The summed E-state index contributed by atoms with van der Waals surface area (Å²) in [5.41, 5.74) is 8.27. The molecule has 0 radical (unpaired) electrons. The molecule has 0 spiro atoms. The second-order valence-electron chi connectivity index (χ2n) is 10.5. The lowest BCUT2D eigenvalue weighted by molar-refractivity contribution is 0.940. The van der Waals surface area contributed by atoms with Crippen molar-refractivity contribution >= 4 is 38.9 Å². The zero-order valence-electron chi connectivity index (χ0n) is 22.5. The Morgan fingerprint density at radius 3 is 2.33 bits per heavy atom. The maximum Gasteiger partial charge on any atom is 0.146 e. The number of nitriles is 2. The van der Waals surface area contributed by atoms with E-state index in [1.54, 1.807) is 0 Å². The first-order valence-electron chi connectivity index (χ1n) is 13.8. The van der Waals surface area contributed by atoms with E-state index in [0.717, 1.165) is 74.1 Å². The number of allylic oxidation sites excluding steroid dienone is 1. The number of fused-ring (bicyclic) bond motifs is 6. The SMILES string of the molecule is N#Cc1cccc(-c2cc(-n3c4c(c5cc(C#N)ccc53)CCC=C4)nc(-n3c4ccccc4c4cccnc43)c2)c1. The summed E-state index contributed by atoms with van der Waals surface area (Å²) in [4.78, 5) is 10.1. The Bertz CT molecular complexity index is 2280. The lowest BCUT2D eigenvalue weighted by Gasteiger charge is -2.16. The summed E-state index contributed by atoms with van der Waals surface area (Å²) in [6.45, 7) is 0. The van der Waals surface area contributed by atoms with E-state index in [1.165, 1.54) is 5.56 Å². The van der Waals surface area contributed by atoms with E-state index in [-0.39, 0.29) is 0 Å². The fourth-order valence-electron chi connectivity index (χ4n) is 6.25. The highest BCUT2D eigenvalue weighted by Crippen LogP contribution is 2.37. The van der Waals surface area contributed by atoms with Crippen LogP contribution in [0.2, 0.25) is 0 Å². The van der Waals surface area contributed by atoms with Crippen LogP contribution >= 0.6 is 0 Å². The van der Waals surface area contributed by atoms with Crippen LogP contribution in [0.1, 0.15) is 28.8 Å². The molecule has 0 saturated heterocycles. The quantitative estimate of drug-likeness (QED) is 0.229. The zero-order valence-corrected chi connectivity index (χ0v) is 22.5. The summed E-state index contributed by atoms with van der Waals surface area (Å²) in [5.74, 6) is 1.49. The fraction of sp³-hybridized carbons (Fsp3) is 0.0556. The van der Waals surface area contributed by atoms with Crippen molar-refractivity contribution in [1.29, 1.82) is 10.5 Å². The number of nitrogens with zero attached hydrogens (tertiary/aromatic N) is 6. The molecule has 7 aromatic rings. The van der Waals surface area contributed by atoms with Crippen molar-refractivity contribution < 1.29 is 0 Å². The van der Waals surface area contributed by atoms with Crippen molar-refractivity contribution in [2.45, 2.75) is 12.8 Å². The minimum absolute atomic E-state index is 0.599. The monoisotopic (exact) mass is 538 g/mol. The van der Waals surface area contributed by atoms with Gasteiger partial charge in [0.2, 0.25) is 0 Å². The summed E-state index contributed by atoms with van der Waals surface area (Å²) >= 11 is 0. The number of pyridine rings is 2. The van der Waals surface area contributed by atoms with Crippen LogP contribution in [0, 0.1) is 22.7 Å². The van der Waals surface area contributed by atoms with Gasteiger partial charge >= 0.3 is 0 Å². The molecule has 42 heavy (non-hydrogen) atoms. The van der Waals surface area contributed by atoms with E-state index < -0.39 is 0 Å². The number of hydrogen-bond donors (Lipinski definition) is 0. The Hall–Kier alpha value is -5.98. The molecule has 6 heteroatoms. The first-order valence-corrected chi connectivity index (χ1v) is 13.8. The second-order valence-corrected chi connectivity index (χ2v) is 10.5. The van der Waals surface area contributed by atoms with Crippen molar-refractivity contribution in [2.24, 2.45) is 0 Å². The summed E-state index contributed by atoms with van der Waals surface area (Å²) < 4.78 is 4.32. The summed E-state index contributed by atoms with van der Waals surface area (Å²) in [7, 11) is 0. The molecule has 4 heterocycles. The molecular weight excluding hydrogens is 516 g/mol. The van der Waals surface area contributed by atoms with Gasteiger partial charge in [0.1, 0.15) is 17.3 Å². The largest absolute Gasteiger partial charge is 0.294 e. The van der Waals surface area contributed by atoms with E-state index >= 15 is 0 Å². The first kappa shape index (κ1) is 23.9. The first-order chi connectivity index (χ1) is 20.7. The highest BCUT2D eigenvalue weighted by molar-refractivity contribution is 6.07. The third kappa shape index (κ3) is 3.56. The van der Waals surface area contributed by atoms with Crippen LogP contribution in [0.15, 0.2) is 103 Å². The maximum atomic E-state index is 9.64. The molecular formula is C36H22N6. The topological polar surface area (TPSA) is 83.2 Å². The van der Waals surface area contributed by atoms with Crippen LogP contribution in [0.25, 0.3) is 61.7 Å². The molecule has 3 aromatic carbocycles. The molecule has 0 fully saturated rings. The normalized spacial score (nSPS) is 12.4. The second kappa shape index (κ2) is 9.30. The van der Waals surface area contributed by atoms with E-state index in [1.807, 2.05) is 66.9 Å². The van der Waals surface area contributed by atoms with Gasteiger partial charge in [-0.3, -0.25) is 9.13 Å². The van der Waals surface area contributed by atoms with E-state index in [2.05, 4.69) is 63.8 Å². The predicted molar refractivity (Wildman–Crippen MR) is 165 cm³/mol. The maximum absolute atomic E-state index is 9.64. The van der Waals surface area contributed by atoms with E-state index in [9.17, 15) is 10.5 Å². The number of benzene rings is 3. The molecule has 0 aliphatic heterocycles. The Morgan fingerprint density at radius 2 is 1.45 bits per heavy atom. The number of para-hydroxylation sites is 1. The molecule has 1 aliphatic carbocycles. The van der Waals surface area contributed by atoms with Crippen molar-refractivity contribution in [1.82, 2.24) is 19.1 Å². The zero-order chi connectivity index (χ0) is 28.2. The Kier molecular flexibility index (Phi) is 5.28. The van der Waals surface area contributed by atoms with Gasteiger partial charge in [-0.25, -0.2) is 9.97 Å². The van der Waals surface area contributed by atoms with E-state index in [0.29, 0.717) is 11.1 Å². The van der Waals surface area contributed by atoms with Crippen LogP contribution in [0.4, 0.5) is 0 Å². The van der Waals surface area contributed by atoms with Gasteiger partial charge in [0.25, 0.3) is 0 Å². The summed E-state index contributed by atoms with van der Waals surface area (Å²) in [5, 5.41) is 22.5. The third-order valence-corrected chi connectivity index (χ3v) is 8.09. The number of aryl methyl sites for hydroxylation is 1. The fourth-order valence-corrected chi connectivity index (χ4v) is 6.25. The predicted octanol–water partition coefficient (Wildman–Crippen LogP) is 7.89. The van der Waals surface area contributed by atoms with Gasteiger partial charge in [0.05, 0.1) is 40.0 Å². The number of aromatic nitrogens is 4. The molecule has 8 rings (SSSR count). The van der Waals surface area contributed by atoms with Gasteiger partial charge in [-0.05, 0) is 96.3 Å². The molecule has 0 atom stereocenters. The minimum atomic E-state index is 0.599. The standard InChI is InChI=1S/C36H22N6/c37-21-23-7-5-8-25(17-23)26-19-34(41-31-12-3-2-10-28(31)30-18-24(22-38)14-15-33(30)41)40-35(20-26)42-32-13-4-1-9-27(32)29-11-6-16-39-36(29)42/h1,3-9,11-20H,2,10H2. The van der Waals surface area contributed by atoms with Crippen LogP contribution in [-0.4, -0.2) is 19.1 Å². The minimum Gasteiger partial charge on any atom is -0.294 e. The van der Waals surface area contributed by atoms with Gasteiger partial charge in [-0.2, -0.15) is 10.5 Å². The third-order valence-electron chi connectivity index (χ3n) is 8.09. The van der Waals surface area contributed by atoms with Crippen molar-refractivity contribution in [3.05, 3.63) is 126 Å². The van der Waals surface area contributed by atoms with Gasteiger partial charge in [0.15, 0.2) is 0 Å². The van der Waals surface area contributed by atoms with Crippen molar-refractivity contribution in [3.63, 3.8) is 0 Å². The van der Waals surface area contributed by atoms with Crippen LogP contribution < -0.4 is 0 Å². The molecule has 0 N–H and O–H groups in total. The van der Waals surface area contributed by atoms with E-state index in [4.69, 9.17) is 9.97 Å². The molecule has 0 saturated carbocycles. The van der Waals surface area contributed by atoms with Crippen molar-refractivity contribution in [2.75, 3.05) is 0 Å². The average molecular weight is 539 g/mol. The number of hydrogen-bond acceptors (Lipinski definition) is 4. The smallest absolute Gasteiger partial charge is 0.146 e. The lowest BCUT2D eigenvalue weighted by atomic mass is 10.00. The van der Waals surface area contributed by atoms with Gasteiger partial charge in [-0.1, -0.05) is 36.4 Å². The Balaban J connectivity index is 1.48. The van der Waals surface area contributed by atoms with Gasteiger partial charge in [0, 0.05) is 22.4 Å². The average Bonchev–Trinajstić information content (AvgIpc) is 3.57. The molecule has 0 bridgehead atoms. The van der Waals surface area contributed by atoms with Crippen LogP contribution in [0.3, 0.4) is 0 Å². The highest BCUT2D eigenvalue weighted by atomic mass is 15.2. The number of rotatable bonds is 3. The lowest BCUT2D eigenvalue weighted by Crippen LogP contribution is -2.07. The molecule has 196 valence electrons. The molecule has 1 aliphatic rings. The van der Waals surface area contributed by atoms with Gasteiger partial charge in [-0.15, -0.1) is 0 Å². The highest BCUT2D eigenvalue weighted by Gasteiger charge is 2.22. The molecule has 4 aromatic heterocycles. The van der Waals surface area contributed by atoms with Crippen LogP contribution in [-0.2, 0) is 6.42 Å². The summed E-state index contributed by atoms with van der Waals surface area (Å²) in [6, 6.07) is 34.6. The molecule has 0 amide bonds. The molecule has 6 nitrogen and oxygen atoms in total. The van der Waals surface area contributed by atoms with Gasteiger partial charge < -0.3 is 0 Å². The Labute approximate surface area is 241 Å². The molecule has 0 unspecified atom stereocenters. The van der Waals surface area contributed by atoms with Crippen LogP contribution in [0.5, 0.6) is 0 Å².